The van der Waals surface area contributed by atoms with E-state index in [-0.39, 0.29) is 6.61 Å². The van der Waals surface area contributed by atoms with Gasteiger partial charge in [-0.25, -0.2) is 9.78 Å². The quantitative estimate of drug-likeness (QED) is 0.828. The molecular formula is C12H18N2O3. The first-order valence-corrected chi connectivity index (χ1v) is 5.37. The lowest BCUT2D eigenvalue weighted by atomic mass is 10.1. The van der Waals surface area contributed by atoms with Crippen LogP contribution in [0.1, 0.15) is 31.9 Å². The van der Waals surface area contributed by atoms with Crippen LogP contribution in [0, 0.1) is 6.92 Å². The number of rotatable bonds is 2. The summed E-state index contributed by atoms with van der Waals surface area (Å²) in [7, 11) is 0. The molecule has 0 fully saturated rings. The number of aromatic nitrogens is 1. The molecule has 5 nitrogen and oxygen atoms in total. The van der Waals surface area contributed by atoms with Gasteiger partial charge in [0.15, 0.2) is 0 Å². The summed E-state index contributed by atoms with van der Waals surface area (Å²) in [6.07, 6.45) is 0.453. The highest BCUT2D eigenvalue weighted by atomic mass is 16.4. The Morgan fingerprint density at radius 3 is 2.41 bits per heavy atom. The molecule has 0 aliphatic carbocycles. The molecule has 0 spiro atoms. The van der Waals surface area contributed by atoms with E-state index in [1.165, 1.54) is 11.1 Å². The van der Waals surface area contributed by atoms with Crippen molar-refractivity contribution in [3.05, 3.63) is 23.4 Å². The summed E-state index contributed by atoms with van der Waals surface area (Å²) < 4.78 is 0. The Morgan fingerprint density at radius 2 is 2.06 bits per heavy atom. The Labute approximate surface area is 101 Å². The molecule has 1 aromatic heterocycles. The van der Waals surface area contributed by atoms with Gasteiger partial charge in [-0.1, -0.05) is 0 Å². The Kier molecular flexibility index (Phi) is 3.72. The fraction of sp³-hybridized carbons (Fsp3) is 0.500. The molecule has 0 unspecified atom stereocenters. The van der Waals surface area contributed by atoms with Crippen molar-refractivity contribution < 1.29 is 15.0 Å². The zero-order valence-electron chi connectivity index (χ0n) is 10.6. The molecule has 0 saturated heterocycles. The van der Waals surface area contributed by atoms with Crippen LogP contribution in [0.2, 0.25) is 0 Å². The summed E-state index contributed by atoms with van der Waals surface area (Å²) >= 11 is 0. The number of hydrogen-bond acceptors (Lipinski definition) is 3. The van der Waals surface area contributed by atoms with Crippen molar-refractivity contribution in [3.63, 3.8) is 0 Å². The van der Waals surface area contributed by atoms with Gasteiger partial charge in [-0.15, -0.1) is 0 Å². The fourth-order valence-corrected chi connectivity index (χ4v) is 1.64. The van der Waals surface area contributed by atoms with Crippen molar-refractivity contribution in [1.29, 1.82) is 0 Å². The third-order valence-corrected chi connectivity index (χ3v) is 2.36. The van der Waals surface area contributed by atoms with Crippen molar-refractivity contribution in [1.82, 2.24) is 4.98 Å². The van der Waals surface area contributed by atoms with E-state index in [9.17, 15) is 9.90 Å². The van der Waals surface area contributed by atoms with Crippen LogP contribution < -0.4 is 4.90 Å². The number of nitrogens with zero attached hydrogens (tertiary/aromatic N) is 2. The van der Waals surface area contributed by atoms with Gasteiger partial charge in [-0.05, 0) is 44.9 Å². The first kappa shape index (κ1) is 13.4. The first-order chi connectivity index (χ1) is 7.77. The molecule has 1 amide bonds. The van der Waals surface area contributed by atoms with Crippen LogP contribution in [-0.2, 0) is 6.61 Å². The lowest BCUT2D eigenvalue weighted by Crippen LogP contribution is -2.46. The number of carboxylic acid groups (broad SMARTS) is 1. The Balaban J connectivity index is 3.25. The van der Waals surface area contributed by atoms with Crippen molar-refractivity contribution >= 4 is 11.9 Å². The molecule has 5 heteroatoms. The Bertz CT molecular complexity index is 424. The van der Waals surface area contributed by atoms with E-state index >= 15 is 0 Å². The third-order valence-electron chi connectivity index (χ3n) is 2.36. The molecule has 0 aromatic carbocycles. The summed E-state index contributed by atoms with van der Waals surface area (Å²) in [6, 6.07) is 1.74. The van der Waals surface area contributed by atoms with E-state index in [0.717, 1.165) is 5.56 Å². The molecule has 1 rings (SSSR count). The number of amides is 1. The molecule has 17 heavy (non-hydrogen) atoms. The number of aliphatic hydroxyl groups excluding tert-OH is 1. The topological polar surface area (TPSA) is 73.7 Å². The Morgan fingerprint density at radius 1 is 1.47 bits per heavy atom. The second kappa shape index (κ2) is 4.71. The highest BCUT2D eigenvalue weighted by molar-refractivity contribution is 5.87. The van der Waals surface area contributed by atoms with Crippen LogP contribution in [-0.4, -0.2) is 26.8 Å². The number of aryl methyl sites for hydroxylation is 1. The summed E-state index contributed by atoms with van der Waals surface area (Å²) in [5, 5.41) is 18.2. The highest BCUT2D eigenvalue weighted by Gasteiger charge is 2.29. The SMILES string of the molecule is Cc1cc(CO)cnc1N(C(=O)O)C(C)(C)C. The molecule has 0 radical (unpaired) electrons. The normalized spacial score (nSPS) is 11.4. The van der Waals surface area contributed by atoms with E-state index in [1.807, 2.05) is 20.8 Å². The molecule has 0 aliphatic heterocycles. The molecule has 0 bridgehead atoms. The third kappa shape index (κ3) is 2.94. The van der Waals surface area contributed by atoms with Gasteiger partial charge in [0.05, 0.1) is 6.61 Å². The standard InChI is InChI=1S/C12H18N2O3/c1-8-5-9(7-15)6-13-10(8)14(11(16)17)12(2,3)4/h5-6,15H,7H2,1-4H3,(H,16,17). The molecular weight excluding hydrogens is 220 g/mol. The van der Waals surface area contributed by atoms with Gasteiger partial charge >= 0.3 is 6.09 Å². The summed E-state index contributed by atoms with van der Waals surface area (Å²) in [4.78, 5) is 16.6. The lowest BCUT2D eigenvalue weighted by Gasteiger charge is -2.33. The van der Waals surface area contributed by atoms with E-state index in [4.69, 9.17) is 5.11 Å². The molecule has 94 valence electrons. The Hall–Kier alpha value is -1.62. The maximum absolute atomic E-state index is 11.3. The maximum atomic E-state index is 11.3. The fourth-order valence-electron chi connectivity index (χ4n) is 1.64. The maximum Gasteiger partial charge on any atom is 0.413 e. The van der Waals surface area contributed by atoms with Gasteiger partial charge in [0.1, 0.15) is 5.82 Å². The number of hydrogen-bond donors (Lipinski definition) is 2. The van der Waals surface area contributed by atoms with Crippen LogP contribution in [0.4, 0.5) is 10.6 Å². The van der Waals surface area contributed by atoms with Crippen LogP contribution in [0.15, 0.2) is 12.3 Å². The molecule has 1 aromatic rings. The number of carbonyl (C=O) groups is 1. The second-order valence-electron chi connectivity index (χ2n) is 4.93. The zero-order valence-corrected chi connectivity index (χ0v) is 10.6. The van der Waals surface area contributed by atoms with Gasteiger partial charge in [0.25, 0.3) is 0 Å². The minimum Gasteiger partial charge on any atom is -0.465 e. The van der Waals surface area contributed by atoms with Gasteiger partial charge in [-0.3, -0.25) is 4.90 Å². The predicted octanol–water partition coefficient (Wildman–Crippen LogP) is 2.17. The van der Waals surface area contributed by atoms with E-state index in [0.29, 0.717) is 11.4 Å². The summed E-state index contributed by atoms with van der Waals surface area (Å²) in [6.45, 7) is 7.10. The molecule has 0 atom stereocenters. The van der Waals surface area contributed by atoms with Gasteiger partial charge in [0.2, 0.25) is 0 Å². The van der Waals surface area contributed by atoms with Crippen molar-refractivity contribution in [3.8, 4) is 0 Å². The second-order valence-corrected chi connectivity index (χ2v) is 4.93. The lowest BCUT2D eigenvalue weighted by molar-refractivity contribution is 0.195. The van der Waals surface area contributed by atoms with Gasteiger partial charge in [-0.2, -0.15) is 0 Å². The average molecular weight is 238 g/mol. The van der Waals surface area contributed by atoms with Gasteiger partial charge < -0.3 is 10.2 Å². The van der Waals surface area contributed by atoms with Crippen LogP contribution in [0.25, 0.3) is 0 Å². The van der Waals surface area contributed by atoms with E-state index < -0.39 is 11.6 Å². The minimum atomic E-state index is -1.04. The molecule has 0 saturated carbocycles. The van der Waals surface area contributed by atoms with Crippen molar-refractivity contribution in [2.75, 3.05) is 4.90 Å². The largest absolute Gasteiger partial charge is 0.465 e. The molecule has 0 aliphatic rings. The zero-order chi connectivity index (χ0) is 13.2. The van der Waals surface area contributed by atoms with Crippen LogP contribution >= 0.6 is 0 Å². The summed E-state index contributed by atoms with van der Waals surface area (Å²) in [5.74, 6) is 0.405. The number of pyridine rings is 1. The van der Waals surface area contributed by atoms with Crippen molar-refractivity contribution in [2.45, 2.75) is 39.8 Å². The summed E-state index contributed by atoms with van der Waals surface area (Å²) in [5.41, 5.74) is 0.837. The van der Waals surface area contributed by atoms with Crippen LogP contribution in [0.3, 0.4) is 0 Å². The van der Waals surface area contributed by atoms with E-state index in [1.54, 1.807) is 13.0 Å². The monoisotopic (exact) mass is 238 g/mol. The smallest absolute Gasteiger partial charge is 0.413 e. The predicted molar refractivity (Wildman–Crippen MR) is 65.2 cm³/mol. The van der Waals surface area contributed by atoms with Gasteiger partial charge in [0, 0.05) is 11.7 Å². The highest BCUT2D eigenvalue weighted by Crippen LogP contribution is 2.25. The first-order valence-electron chi connectivity index (χ1n) is 5.37. The minimum absolute atomic E-state index is 0.100. The average Bonchev–Trinajstić information content (AvgIpc) is 2.18. The van der Waals surface area contributed by atoms with Crippen LogP contribution in [0.5, 0.6) is 0 Å². The number of aliphatic hydroxyl groups is 1. The van der Waals surface area contributed by atoms with E-state index in [2.05, 4.69) is 4.98 Å². The number of anilines is 1. The van der Waals surface area contributed by atoms with Crippen molar-refractivity contribution in [2.24, 2.45) is 0 Å². The molecule has 2 N–H and O–H groups in total. The molecule has 1 heterocycles.